The number of fused-ring (bicyclic) bond motifs is 1. The first-order valence-electron chi connectivity index (χ1n) is 13.0. The van der Waals surface area contributed by atoms with Crippen LogP contribution in [0.1, 0.15) is 48.5 Å². The number of hydrogen-bond donors (Lipinski definition) is 2. The fraction of sp³-hybridized carbons (Fsp3) is 0.593. The molecule has 37 heavy (non-hydrogen) atoms. The number of aromatic nitrogens is 1. The Bertz CT molecular complexity index is 1100. The van der Waals surface area contributed by atoms with Gasteiger partial charge in [0.1, 0.15) is 23.7 Å². The number of rotatable bonds is 5. The smallest absolute Gasteiger partial charge is 0.323 e. The maximum Gasteiger partial charge on any atom is 0.323 e. The number of aryl methyl sites for hydroxylation is 2. The van der Waals surface area contributed by atoms with Gasteiger partial charge >= 0.3 is 6.03 Å². The molecule has 1 aromatic carbocycles. The van der Waals surface area contributed by atoms with Crippen molar-refractivity contribution in [2.45, 2.75) is 52.7 Å². The van der Waals surface area contributed by atoms with Gasteiger partial charge < -0.3 is 29.5 Å². The van der Waals surface area contributed by atoms with Crippen molar-refractivity contribution in [1.82, 2.24) is 15.0 Å². The monoisotopic (exact) mass is 513 g/mol. The van der Waals surface area contributed by atoms with E-state index < -0.39 is 6.03 Å². The van der Waals surface area contributed by atoms with Crippen molar-refractivity contribution in [3.05, 3.63) is 35.2 Å². The second kappa shape index (κ2) is 11.5. The van der Waals surface area contributed by atoms with Gasteiger partial charge in [-0.2, -0.15) is 0 Å². The third kappa shape index (κ3) is 6.61. The minimum atomic E-state index is -0.438. The number of likely N-dealkylation sites (N-methyl/N-ethyl adjacent to an activating group) is 1. The summed E-state index contributed by atoms with van der Waals surface area (Å²) in [6, 6.07) is 4.82. The molecule has 1 fully saturated rings. The van der Waals surface area contributed by atoms with Gasteiger partial charge in [0.05, 0.1) is 11.7 Å². The predicted octanol–water partition coefficient (Wildman–Crippen LogP) is 4.15. The minimum Gasteiger partial charge on any atom is -0.491 e. The van der Waals surface area contributed by atoms with Crippen LogP contribution in [0.15, 0.2) is 22.7 Å². The van der Waals surface area contributed by atoms with Gasteiger partial charge in [0, 0.05) is 51.6 Å². The second-order valence-corrected chi connectivity index (χ2v) is 10.5. The summed E-state index contributed by atoms with van der Waals surface area (Å²) in [6.07, 6.45) is 2.47. The topological polar surface area (TPSA) is 109 Å². The quantitative estimate of drug-likeness (QED) is 0.618. The number of nitrogens with zero attached hydrogens (tertiary/aromatic N) is 3. The molecule has 0 saturated heterocycles. The molecule has 2 heterocycles. The van der Waals surface area contributed by atoms with E-state index in [4.69, 9.17) is 14.0 Å². The van der Waals surface area contributed by atoms with Crippen LogP contribution in [0.25, 0.3) is 0 Å². The number of hydrogen-bond acceptors (Lipinski definition) is 7. The average Bonchev–Trinajstić information content (AvgIpc) is 3.64. The Morgan fingerprint density at radius 3 is 2.59 bits per heavy atom. The molecule has 2 aliphatic rings. The van der Waals surface area contributed by atoms with E-state index in [1.54, 1.807) is 51.1 Å². The summed E-state index contributed by atoms with van der Waals surface area (Å²) in [5.41, 5.74) is 2.08. The summed E-state index contributed by atoms with van der Waals surface area (Å²) in [5.74, 6) is 1.80. The summed E-state index contributed by atoms with van der Waals surface area (Å²) in [6.45, 7) is 10.6. The Hall–Kier alpha value is -3.11. The number of anilines is 2. The molecular weight excluding hydrogens is 474 g/mol. The molecule has 10 heteroatoms. The molecule has 1 aliphatic carbocycles. The molecule has 1 aromatic heterocycles. The van der Waals surface area contributed by atoms with Gasteiger partial charge in [0.2, 0.25) is 0 Å². The lowest BCUT2D eigenvalue weighted by molar-refractivity contribution is 0.00994. The van der Waals surface area contributed by atoms with Crippen molar-refractivity contribution < 1.29 is 23.6 Å². The normalized spacial score (nSPS) is 23.5. The molecule has 4 rings (SSSR count). The number of carbonyl (C=O) groups excluding carboxylic acids is 2. The van der Waals surface area contributed by atoms with Crippen molar-refractivity contribution in [1.29, 1.82) is 0 Å². The molecular formula is C27H39N5O5. The number of nitrogens with one attached hydrogen (secondary N) is 2. The molecule has 2 N–H and O–H groups in total. The number of ether oxygens (including phenoxy) is 2. The second-order valence-electron chi connectivity index (χ2n) is 10.5. The molecule has 3 amide bonds. The highest BCUT2D eigenvalue weighted by Gasteiger charge is 2.31. The molecule has 202 valence electrons. The van der Waals surface area contributed by atoms with Crippen LogP contribution in [0.2, 0.25) is 0 Å². The highest BCUT2D eigenvalue weighted by atomic mass is 16.5. The third-order valence-electron chi connectivity index (χ3n) is 7.30. The Morgan fingerprint density at radius 1 is 1.19 bits per heavy atom. The molecule has 2 aromatic rings. The summed E-state index contributed by atoms with van der Waals surface area (Å²) < 4.78 is 17.2. The van der Waals surface area contributed by atoms with Gasteiger partial charge in [-0.15, -0.1) is 0 Å². The molecule has 0 unspecified atom stereocenters. The zero-order valence-electron chi connectivity index (χ0n) is 22.7. The summed E-state index contributed by atoms with van der Waals surface area (Å²) >= 11 is 0. The molecule has 0 radical (unpaired) electrons. The minimum absolute atomic E-state index is 0.0828. The maximum absolute atomic E-state index is 13.4. The molecule has 1 saturated carbocycles. The van der Waals surface area contributed by atoms with Gasteiger partial charge in [-0.1, -0.05) is 12.1 Å². The van der Waals surface area contributed by atoms with Crippen molar-refractivity contribution in [2.75, 3.05) is 51.0 Å². The Labute approximate surface area is 218 Å². The maximum atomic E-state index is 13.4. The van der Waals surface area contributed by atoms with Crippen molar-refractivity contribution in [3.8, 4) is 5.75 Å². The van der Waals surface area contributed by atoms with Crippen molar-refractivity contribution >= 4 is 23.3 Å². The van der Waals surface area contributed by atoms with Crippen LogP contribution >= 0.6 is 0 Å². The first-order chi connectivity index (χ1) is 17.7. The lowest BCUT2D eigenvalue weighted by Gasteiger charge is -2.36. The number of urea groups is 1. The molecule has 3 atom stereocenters. The van der Waals surface area contributed by atoms with Gasteiger partial charge in [-0.25, -0.2) is 4.79 Å². The van der Waals surface area contributed by atoms with Crippen LogP contribution < -0.4 is 15.4 Å². The van der Waals surface area contributed by atoms with E-state index in [-0.39, 0.29) is 24.0 Å². The van der Waals surface area contributed by atoms with Crippen LogP contribution in [0.4, 0.5) is 16.2 Å². The van der Waals surface area contributed by atoms with Crippen molar-refractivity contribution in [2.24, 2.45) is 11.8 Å². The summed E-state index contributed by atoms with van der Waals surface area (Å²) in [4.78, 5) is 30.2. The van der Waals surface area contributed by atoms with Crippen LogP contribution in [0, 0.1) is 25.7 Å². The van der Waals surface area contributed by atoms with E-state index in [2.05, 4.69) is 34.5 Å². The van der Waals surface area contributed by atoms with Crippen LogP contribution in [0.3, 0.4) is 0 Å². The first-order valence-corrected chi connectivity index (χ1v) is 13.0. The fourth-order valence-corrected chi connectivity index (χ4v) is 4.75. The zero-order valence-corrected chi connectivity index (χ0v) is 22.7. The average molecular weight is 514 g/mol. The van der Waals surface area contributed by atoms with E-state index in [1.165, 1.54) is 12.8 Å². The van der Waals surface area contributed by atoms with E-state index in [1.807, 2.05) is 0 Å². The lowest BCUT2D eigenvalue weighted by Crippen LogP contribution is -2.47. The predicted molar refractivity (Wildman–Crippen MR) is 141 cm³/mol. The fourth-order valence-electron chi connectivity index (χ4n) is 4.75. The van der Waals surface area contributed by atoms with E-state index in [0.29, 0.717) is 47.3 Å². The Morgan fingerprint density at radius 2 is 1.95 bits per heavy atom. The van der Waals surface area contributed by atoms with Crippen LogP contribution in [0.5, 0.6) is 5.75 Å². The van der Waals surface area contributed by atoms with Gasteiger partial charge in [0.25, 0.3) is 5.91 Å². The first kappa shape index (κ1) is 26.9. The van der Waals surface area contributed by atoms with E-state index in [9.17, 15) is 9.59 Å². The number of benzene rings is 1. The van der Waals surface area contributed by atoms with Crippen molar-refractivity contribution in [3.63, 3.8) is 0 Å². The lowest BCUT2D eigenvalue weighted by atomic mass is 10.0. The number of carbonyl (C=O) groups is 2. The highest BCUT2D eigenvalue weighted by molar-refractivity contribution is 6.02. The number of methoxy groups -OCH3 is 1. The van der Waals surface area contributed by atoms with Gasteiger partial charge in [-0.05, 0) is 57.6 Å². The Balaban J connectivity index is 1.57. The number of amides is 3. The van der Waals surface area contributed by atoms with E-state index >= 15 is 0 Å². The largest absolute Gasteiger partial charge is 0.491 e. The standard InChI is InChI=1S/C27H39N5O5/c1-16-12-32(13-20-7-8-20)17(2)15-36-23-11-21(28-27(34)29-25-18(3)30-37-19(25)4)9-10-22(23)26(33)31(5)14-24(16)35-6/h9-11,16-17,20,24H,7-8,12-15H2,1-6H3,(H2,28,29,34)/t16-,17+,24-/m0/s1. The molecule has 0 spiro atoms. The van der Waals surface area contributed by atoms with Gasteiger partial charge in [0.15, 0.2) is 5.76 Å². The van der Waals surface area contributed by atoms with Gasteiger partial charge in [-0.3, -0.25) is 9.69 Å². The van der Waals surface area contributed by atoms with E-state index in [0.717, 1.165) is 19.0 Å². The summed E-state index contributed by atoms with van der Waals surface area (Å²) in [5, 5.41) is 9.44. The Kier molecular flexibility index (Phi) is 8.39. The van der Waals surface area contributed by atoms with Crippen LogP contribution in [-0.4, -0.2) is 79.4 Å². The molecule has 1 aliphatic heterocycles. The zero-order chi connectivity index (χ0) is 26.7. The molecule has 0 bridgehead atoms. The summed E-state index contributed by atoms with van der Waals surface area (Å²) in [7, 11) is 3.49. The highest BCUT2D eigenvalue weighted by Crippen LogP contribution is 2.32. The SMILES string of the molecule is CO[C@H]1CN(C)C(=O)c2ccc(NC(=O)Nc3c(C)noc3C)cc2OC[C@@H](C)N(CC2CC2)C[C@@H]1C. The molecule has 10 nitrogen and oxygen atoms in total. The van der Waals surface area contributed by atoms with Crippen LogP contribution in [-0.2, 0) is 4.74 Å². The third-order valence-corrected chi connectivity index (χ3v) is 7.30.